The van der Waals surface area contributed by atoms with Crippen molar-refractivity contribution < 1.29 is 23.1 Å². The number of halogens is 3. The molecular formula is C25H27F3N4O2. The van der Waals surface area contributed by atoms with E-state index in [2.05, 4.69) is 5.32 Å². The van der Waals surface area contributed by atoms with Crippen LogP contribution in [-0.4, -0.2) is 46.1 Å². The second-order valence-corrected chi connectivity index (χ2v) is 8.80. The van der Waals surface area contributed by atoms with Crippen molar-refractivity contribution in [2.24, 2.45) is 7.05 Å². The average molecular weight is 473 g/mol. The Morgan fingerprint density at radius 3 is 2.53 bits per heavy atom. The van der Waals surface area contributed by atoms with E-state index in [0.717, 1.165) is 44.0 Å². The fourth-order valence-electron chi connectivity index (χ4n) is 4.78. The number of rotatable bonds is 5. The lowest BCUT2D eigenvalue weighted by molar-refractivity contribution is -0.247. The number of amides is 2. The molecule has 0 aliphatic heterocycles. The molecule has 1 heterocycles. The minimum absolute atomic E-state index is 0.0635. The zero-order valence-electron chi connectivity index (χ0n) is 19.0. The molecular weight excluding hydrogens is 445 g/mol. The molecule has 4 rings (SSSR count). The summed E-state index contributed by atoms with van der Waals surface area (Å²) < 4.78 is 44.9. The minimum atomic E-state index is -5.04. The van der Waals surface area contributed by atoms with Crippen molar-refractivity contribution >= 4 is 28.8 Å². The Morgan fingerprint density at radius 2 is 1.88 bits per heavy atom. The van der Waals surface area contributed by atoms with Gasteiger partial charge in [-0.1, -0.05) is 37.1 Å². The highest BCUT2D eigenvalue weighted by atomic mass is 19.4. The van der Waals surface area contributed by atoms with Crippen molar-refractivity contribution in [2.45, 2.75) is 43.5 Å². The van der Waals surface area contributed by atoms with E-state index in [1.54, 1.807) is 37.2 Å². The number of fused-ring (bicyclic) bond motifs is 1. The lowest BCUT2D eigenvalue weighted by Gasteiger charge is -2.31. The lowest BCUT2D eigenvalue weighted by atomic mass is 9.84. The average Bonchev–Trinajstić information content (AvgIpc) is 3.46. The Morgan fingerprint density at radius 1 is 1.21 bits per heavy atom. The summed E-state index contributed by atoms with van der Waals surface area (Å²) in [7, 11) is 3.30. The third kappa shape index (κ3) is 3.94. The summed E-state index contributed by atoms with van der Waals surface area (Å²) >= 11 is 0. The number of alkyl halides is 3. The Bertz CT molecular complexity index is 1230. The molecule has 2 aromatic carbocycles. The molecule has 0 saturated heterocycles. The van der Waals surface area contributed by atoms with Crippen LogP contribution in [0.25, 0.3) is 10.9 Å². The molecule has 1 saturated carbocycles. The lowest BCUT2D eigenvalue weighted by Crippen LogP contribution is -2.43. The maximum Gasteiger partial charge on any atom is 0.425 e. The summed E-state index contributed by atoms with van der Waals surface area (Å²) in [6.45, 7) is 0. The van der Waals surface area contributed by atoms with Crippen LogP contribution in [0.3, 0.4) is 0 Å². The van der Waals surface area contributed by atoms with E-state index >= 15 is 0 Å². The first-order valence-electron chi connectivity index (χ1n) is 11.1. The summed E-state index contributed by atoms with van der Waals surface area (Å²) in [6.07, 6.45) is 1.01. The maximum atomic E-state index is 14.4. The number of urea groups is 1. The summed E-state index contributed by atoms with van der Waals surface area (Å²) in [5.41, 5.74) is -3.23. The zero-order chi connectivity index (χ0) is 24.7. The number of aromatic nitrogens is 1. The highest BCUT2D eigenvalue weighted by molar-refractivity contribution is 5.96. The van der Waals surface area contributed by atoms with Crippen LogP contribution in [0.1, 0.15) is 42.4 Å². The molecule has 1 aliphatic rings. The van der Waals surface area contributed by atoms with Gasteiger partial charge in [0.15, 0.2) is 0 Å². The molecule has 3 N–H and O–H groups in total. The molecule has 2 amide bonds. The van der Waals surface area contributed by atoms with Crippen molar-refractivity contribution in [3.63, 3.8) is 0 Å². The van der Waals surface area contributed by atoms with Crippen molar-refractivity contribution in [3.8, 4) is 0 Å². The van der Waals surface area contributed by atoms with Gasteiger partial charge in [0.25, 0.3) is 0 Å². The molecule has 1 aromatic heterocycles. The number of anilines is 1. The van der Waals surface area contributed by atoms with Crippen molar-refractivity contribution in [1.82, 2.24) is 9.47 Å². The van der Waals surface area contributed by atoms with Gasteiger partial charge < -0.3 is 25.3 Å². The highest BCUT2D eigenvalue weighted by Crippen LogP contribution is 2.47. The molecule has 6 nitrogen and oxygen atoms in total. The smallest absolute Gasteiger partial charge is 0.372 e. The van der Waals surface area contributed by atoms with Crippen molar-refractivity contribution in [3.05, 3.63) is 65.4 Å². The molecule has 0 spiro atoms. The summed E-state index contributed by atoms with van der Waals surface area (Å²) in [6, 6.07) is 9.83. The van der Waals surface area contributed by atoms with E-state index in [-0.39, 0.29) is 34.3 Å². The van der Waals surface area contributed by atoms with Gasteiger partial charge in [0.05, 0.1) is 5.69 Å². The first-order chi connectivity index (χ1) is 16.1. The van der Waals surface area contributed by atoms with Gasteiger partial charge in [0.2, 0.25) is 5.60 Å². The Hall–Kier alpha value is -3.33. The van der Waals surface area contributed by atoms with Crippen LogP contribution in [0.2, 0.25) is 0 Å². The van der Waals surface area contributed by atoms with E-state index in [9.17, 15) is 23.1 Å². The first kappa shape index (κ1) is 23.8. The van der Waals surface area contributed by atoms with E-state index < -0.39 is 17.3 Å². The van der Waals surface area contributed by atoms with E-state index in [1.165, 1.54) is 22.9 Å². The van der Waals surface area contributed by atoms with Crippen LogP contribution in [0.15, 0.2) is 48.7 Å². The number of benzene rings is 2. The van der Waals surface area contributed by atoms with Gasteiger partial charge in [-0.25, -0.2) is 4.79 Å². The Kier molecular flexibility index (Phi) is 6.16. The minimum Gasteiger partial charge on any atom is -0.372 e. The van der Waals surface area contributed by atoms with E-state index in [0.29, 0.717) is 5.52 Å². The molecule has 1 aliphatic carbocycles. The number of para-hydroxylation sites is 1. The van der Waals surface area contributed by atoms with Gasteiger partial charge in [-0.2, -0.15) is 13.2 Å². The number of hydrogen-bond donors (Lipinski definition) is 3. The molecule has 9 heteroatoms. The number of nitrogens with zero attached hydrogens (tertiary/aromatic N) is 2. The van der Waals surface area contributed by atoms with Crippen molar-refractivity contribution in [2.75, 3.05) is 12.4 Å². The molecule has 34 heavy (non-hydrogen) atoms. The quantitative estimate of drug-likeness (QED) is 0.436. The number of nitrogens with one attached hydrogen (secondary N) is 2. The summed E-state index contributed by atoms with van der Waals surface area (Å²) in [5, 5.41) is 21.9. The number of aliphatic hydroxyl groups is 1. The van der Waals surface area contributed by atoms with Crippen molar-refractivity contribution in [1.29, 1.82) is 5.41 Å². The predicted molar refractivity (Wildman–Crippen MR) is 125 cm³/mol. The van der Waals surface area contributed by atoms with Crippen LogP contribution in [0.4, 0.5) is 23.7 Å². The fraction of sp³-hybridized carbons (Fsp3) is 0.360. The third-order valence-corrected chi connectivity index (χ3v) is 6.76. The second kappa shape index (κ2) is 8.79. The van der Waals surface area contributed by atoms with Crippen LogP contribution in [0, 0.1) is 5.41 Å². The van der Waals surface area contributed by atoms with Crippen LogP contribution >= 0.6 is 0 Å². The number of carbonyl (C=O) groups is 1. The Balaban J connectivity index is 1.75. The number of aryl methyl sites for hydroxylation is 1. The van der Waals surface area contributed by atoms with Gasteiger partial charge in [0, 0.05) is 54.6 Å². The number of hydrogen-bond acceptors (Lipinski definition) is 3. The Labute approximate surface area is 195 Å². The highest BCUT2D eigenvalue weighted by Gasteiger charge is 2.57. The molecule has 1 fully saturated rings. The van der Waals surface area contributed by atoms with E-state index in [4.69, 9.17) is 5.41 Å². The van der Waals surface area contributed by atoms with Crippen LogP contribution < -0.4 is 5.32 Å². The zero-order valence-corrected chi connectivity index (χ0v) is 19.0. The summed E-state index contributed by atoms with van der Waals surface area (Å²) in [5.74, 6) is 0. The number of carbonyl (C=O) groups excluding carboxylic acids is 1. The molecule has 0 bridgehead atoms. The largest absolute Gasteiger partial charge is 0.425 e. The molecule has 3 aromatic rings. The normalized spacial score (nSPS) is 16.4. The fourth-order valence-corrected chi connectivity index (χ4v) is 4.78. The van der Waals surface area contributed by atoms with Gasteiger partial charge in [-0.15, -0.1) is 0 Å². The van der Waals surface area contributed by atoms with Gasteiger partial charge in [0.1, 0.15) is 0 Å². The second-order valence-electron chi connectivity index (χ2n) is 8.80. The topological polar surface area (TPSA) is 81.4 Å². The molecule has 1 unspecified atom stereocenters. The molecule has 180 valence electrons. The first-order valence-corrected chi connectivity index (χ1v) is 11.1. The summed E-state index contributed by atoms with van der Waals surface area (Å²) in [4.78, 5) is 14.3. The maximum absolute atomic E-state index is 14.4. The van der Waals surface area contributed by atoms with Crippen LogP contribution in [-0.2, 0) is 12.6 Å². The van der Waals surface area contributed by atoms with Gasteiger partial charge >= 0.3 is 12.2 Å². The standard InChI is InChI=1S/C25H27F3N4O2/c1-31-15-20(19-9-5-6-10-22(19)31)24(34,25(26,27)28)17-11-12-21(16(13-17)14-29)30-23(33)32(2)18-7-3-4-8-18/h5-6,9-15,18,29,34H,3-4,7-8H2,1-2H3,(H,30,33). The SMILES string of the molecule is CN(C(=O)Nc1ccc(C(O)(c2cn(C)c3ccccc23)C(F)(F)F)cc1C=N)C1CCCC1. The van der Waals surface area contributed by atoms with E-state index in [1.807, 2.05) is 0 Å². The molecule has 0 radical (unpaired) electrons. The third-order valence-electron chi connectivity index (χ3n) is 6.76. The molecule has 1 atom stereocenters. The van der Waals surface area contributed by atoms with Gasteiger partial charge in [-0.3, -0.25) is 0 Å². The predicted octanol–water partition coefficient (Wildman–Crippen LogP) is 5.38. The van der Waals surface area contributed by atoms with Crippen LogP contribution in [0.5, 0.6) is 0 Å². The monoisotopic (exact) mass is 472 g/mol. The van der Waals surface area contributed by atoms with Gasteiger partial charge in [-0.05, 0) is 36.6 Å².